The zero-order chi connectivity index (χ0) is 14.9. The minimum absolute atomic E-state index is 0.117. The highest BCUT2D eigenvalue weighted by Gasteiger charge is 2.31. The molecule has 0 atom stereocenters. The Morgan fingerprint density at radius 1 is 1.10 bits per heavy atom. The summed E-state index contributed by atoms with van der Waals surface area (Å²) in [5, 5.41) is 9.84. The molecule has 2 aromatic rings. The van der Waals surface area contributed by atoms with Crippen LogP contribution in [0.25, 0.3) is 11.1 Å². The molecule has 0 unspecified atom stereocenters. The van der Waals surface area contributed by atoms with Crippen LogP contribution in [-0.4, -0.2) is 16.5 Å². The summed E-state index contributed by atoms with van der Waals surface area (Å²) in [4.78, 5) is 4.08. The third-order valence-corrected chi connectivity index (χ3v) is 2.95. The Hall–Kier alpha value is -2.24. The topological polar surface area (TPSA) is 42.4 Å². The molecule has 0 spiro atoms. The molecule has 106 valence electrons. The van der Waals surface area contributed by atoms with Gasteiger partial charge < -0.3 is 9.84 Å². The van der Waals surface area contributed by atoms with Crippen molar-refractivity contribution in [1.82, 2.24) is 4.98 Å². The number of hydrogen-bond donors (Lipinski definition) is 1. The molecule has 0 bridgehead atoms. The number of aromatic hydroxyl groups is 1. The summed E-state index contributed by atoms with van der Waals surface area (Å²) in [6, 6.07) is 5.03. The molecule has 1 aromatic heterocycles. The number of aryl methyl sites for hydroxylation is 1. The van der Waals surface area contributed by atoms with Gasteiger partial charge in [0.1, 0.15) is 11.5 Å². The van der Waals surface area contributed by atoms with Crippen molar-refractivity contribution in [2.75, 3.05) is 0 Å². The molecule has 0 saturated heterocycles. The molecule has 0 aliphatic heterocycles. The number of ether oxygens (including phenoxy) is 1. The number of nitrogens with zero attached hydrogens (tertiary/aromatic N) is 1. The molecule has 3 nitrogen and oxygen atoms in total. The first kappa shape index (κ1) is 14.2. The number of pyridine rings is 1. The Labute approximate surface area is 113 Å². The number of aromatic nitrogens is 1. The van der Waals surface area contributed by atoms with Crippen molar-refractivity contribution in [2.45, 2.75) is 20.2 Å². The minimum Gasteiger partial charge on any atom is -0.507 e. The van der Waals surface area contributed by atoms with Gasteiger partial charge in [0.15, 0.2) is 0 Å². The van der Waals surface area contributed by atoms with E-state index in [1.165, 1.54) is 12.3 Å². The van der Waals surface area contributed by atoms with Crippen molar-refractivity contribution in [1.29, 1.82) is 0 Å². The summed E-state index contributed by atoms with van der Waals surface area (Å²) < 4.78 is 40.5. The molecule has 0 saturated carbocycles. The summed E-state index contributed by atoms with van der Waals surface area (Å²) in [6.45, 7) is 3.57. The van der Waals surface area contributed by atoms with E-state index in [1.54, 1.807) is 19.9 Å². The Kier molecular flexibility index (Phi) is 3.57. The van der Waals surface area contributed by atoms with Crippen LogP contribution in [0.15, 0.2) is 30.5 Å². The second-order valence-corrected chi connectivity index (χ2v) is 4.30. The van der Waals surface area contributed by atoms with Gasteiger partial charge in [-0.1, -0.05) is 0 Å². The zero-order valence-corrected chi connectivity index (χ0v) is 10.8. The number of phenols is 1. The lowest BCUT2D eigenvalue weighted by atomic mass is 9.99. The first-order valence-electron chi connectivity index (χ1n) is 5.79. The molecule has 0 aliphatic rings. The van der Waals surface area contributed by atoms with Gasteiger partial charge in [0.05, 0.1) is 0 Å². The third kappa shape index (κ3) is 3.01. The van der Waals surface area contributed by atoms with Crippen molar-refractivity contribution >= 4 is 0 Å². The van der Waals surface area contributed by atoms with Crippen molar-refractivity contribution < 1.29 is 23.0 Å². The van der Waals surface area contributed by atoms with Crippen LogP contribution in [0, 0.1) is 13.8 Å². The van der Waals surface area contributed by atoms with Gasteiger partial charge in [-0.3, -0.25) is 4.98 Å². The van der Waals surface area contributed by atoms with Gasteiger partial charge in [-0.2, -0.15) is 0 Å². The van der Waals surface area contributed by atoms with Gasteiger partial charge in [-0.15, -0.1) is 13.2 Å². The maximum Gasteiger partial charge on any atom is 0.573 e. The van der Waals surface area contributed by atoms with Gasteiger partial charge in [-0.25, -0.2) is 0 Å². The fourth-order valence-electron chi connectivity index (χ4n) is 1.86. The lowest BCUT2D eigenvalue weighted by molar-refractivity contribution is -0.274. The average molecular weight is 283 g/mol. The summed E-state index contributed by atoms with van der Waals surface area (Å²) in [5.41, 5.74) is 2.41. The molecule has 0 aliphatic carbocycles. The number of phenolic OH excluding ortho intramolecular Hbond substituents is 1. The van der Waals surface area contributed by atoms with Crippen LogP contribution in [0.1, 0.15) is 11.3 Å². The predicted octanol–water partition coefficient (Wildman–Crippen LogP) is 3.97. The van der Waals surface area contributed by atoms with Crippen molar-refractivity contribution in [3.05, 3.63) is 41.7 Å². The Morgan fingerprint density at radius 3 is 2.45 bits per heavy atom. The van der Waals surface area contributed by atoms with Gasteiger partial charge in [0.2, 0.25) is 0 Å². The van der Waals surface area contributed by atoms with Crippen LogP contribution in [0.4, 0.5) is 13.2 Å². The fourth-order valence-corrected chi connectivity index (χ4v) is 1.86. The molecule has 1 heterocycles. The van der Waals surface area contributed by atoms with E-state index in [2.05, 4.69) is 9.72 Å². The molecule has 2 rings (SSSR count). The highest BCUT2D eigenvalue weighted by atomic mass is 19.4. The lowest BCUT2D eigenvalue weighted by Gasteiger charge is -2.13. The predicted molar refractivity (Wildman–Crippen MR) is 67.5 cm³/mol. The van der Waals surface area contributed by atoms with Crippen LogP contribution >= 0.6 is 0 Å². The molecule has 6 heteroatoms. The fraction of sp³-hybridized carbons (Fsp3) is 0.214. The van der Waals surface area contributed by atoms with Crippen LogP contribution in [0.5, 0.6) is 11.5 Å². The van der Waals surface area contributed by atoms with E-state index in [9.17, 15) is 18.3 Å². The normalized spacial score (nSPS) is 11.4. The minimum atomic E-state index is -4.77. The van der Waals surface area contributed by atoms with E-state index in [0.717, 1.165) is 23.4 Å². The summed E-state index contributed by atoms with van der Waals surface area (Å²) in [6.07, 6.45) is -3.23. The number of alkyl halides is 3. The highest BCUT2D eigenvalue weighted by molar-refractivity contribution is 5.74. The summed E-state index contributed by atoms with van der Waals surface area (Å²) in [7, 11) is 0. The van der Waals surface area contributed by atoms with Gasteiger partial charge >= 0.3 is 6.36 Å². The van der Waals surface area contributed by atoms with E-state index in [0.29, 0.717) is 5.56 Å². The Balaban J connectivity index is 2.51. The van der Waals surface area contributed by atoms with Gasteiger partial charge in [0.25, 0.3) is 0 Å². The van der Waals surface area contributed by atoms with E-state index in [1.807, 2.05) is 0 Å². The molecule has 0 fully saturated rings. The van der Waals surface area contributed by atoms with E-state index in [-0.39, 0.29) is 17.1 Å². The largest absolute Gasteiger partial charge is 0.573 e. The first-order valence-corrected chi connectivity index (χ1v) is 5.79. The van der Waals surface area contributed by atoms with Crippen LogP contribution in [0.2, 0.25) is 0 Å². The van der Waals surface area contributed by atoms with Crippen LogP contribution in [0.3, 0.4) is 0 Å². The van der Waals surface area contributed by atoms with Gasteiger partial charge in [0, 0.05) is 17.5 Å². The average Bonchev–Trinajstić information content (AvgIpc) is 2.34. The maximum atomic E-state index is 12.2. The Morgan fingerprint density at radius 2 is 1.80 bits per heavy atom. The number of benzene rings is 1. The first-order chi connectivity index (χ1) is 9.28. The summed E-state index contributed by atoms with van der Waals surface area (Å²) >= 11 is 0. The molecular weight excluding hydrogens is 271 g/mol. The SMILES string of the molecule is Cc1nccc(-c2cc(OC(F)(F)F)ccc2O)c1C. The lowest BCUT2D eigenvalue weighted by Crippen LogP contribution is -2.17. The molecule has 20 heavy (non-hydrogen) atoms. The second-order valence-electron chi connectivity index (χ2n) is 4.30. The number of hydrogen-bond acceptors (Lipinski definition) is 3. The molecule has 0 amide bonds. The summed E-state index contributed by atoms with van der Waals surface area (Å²) in [5.74, 6) is -0.493. The Bertz CT molecular complexity index is 639. The molecule has 0 radical (unpaired) electrons. The monoisotopic (exact) mass is 283 g/mol. The maximum absolute atomic E-state index is 12.2. The quantitative estimate of drug-likeness (QED) is 0.906. The number of halogens is 3. The van der Waals surface area contributed by atoms with Crippen molar-refractivity contribution in [2.24, 2.45) is 0 Å². The van der Waals surface area contributed by atoms with Crippen LogP contribution in [-0.2, 0) is 0 Å². The second kappa shape index (κ2) is 5.03. The van der Waals surface area contributed by atoms with E-state index >= 15 is 0 Å². The zero-order valence-electron chi connectivity index (χ0n) is 10.8. The standard InChI is InChI=1S/C14H12F3NO2/c1-8-9(2)18-6-5-11(8)12-7-10(3-4-13(12)19)20-14(15,16)17/h3-7,19H,1-2H3. The van der Waals surface area contributed by atoms with Gasteiger partial charge in [-0.05, 0) is 49.2 Å². The van der Waals surface area contributed by atoms with E-state index < -0.39 is 6.36 Å². The van der Waals surface area contributed by atoms with E-state index in [4.69, 9.17) is 0 Å². The van der Waals surface area contributed by atoms with Crippen molar-refractivity contribution in [3.8, 4) is 22.6 Å². The molecule has 1 aromatic carbocycles. The highest BCUT2D eigenvalue weighted by Crippen LogP contribution is 2.36. The molecular formula is C14H12F3NO2. The smallest absolute Gasteiger partial charge is 0.507 e. The van der Waals surface area contributed by atoms with Crippen LogP contribution < -0.4 is 4.74 Å². The van der Waals surface area contributed by atoms with Crippen molar-refractivity contribution in [3.63, 3.8) is 0 Å². The number of rotatable bonds is 2. The molecule has 1 N–H and O–H groups in total. The third-order valence-electron chi connectivity index (χ3n) is 2.95.